The van der Waals surface area contributed by atoms with Crippen LogP contribution in [0.3, 0.4) is 0 Å². The maximum absolute atomic E-state index is 13.3. The first-order valence-electron chi connectivity index (χ1n) is 9.73. The Hall–Kier alpha value is -2.91. The van der Waals surface area contributed by atoms with E-state index in [9.17, 15) is 12.8 Å². The molecule has 160 valence electrons. The zero-order valence-electron chi connectivity index (χ0n) is 17.0. The largest absolute Gasteiger partial charge is 0.361 e. The van der Waals surface area contributed by atoms with Crippen molar-refractivity contribution in [2.75, 3.05) is 20.1 Å². The van der Waals surface area contributed by atoms with Gasteiger partial charge in [-0.3, -0.25) is 0 Å². The van der Waals surface area contributed by atoms with Gasteiger partial charge in [-0.15, -0.1) is 0 Å². The summed E-state index contributed by atoms with van der Waals surface area (Å²) in [7, 11) is -2.10. The maximum atomic E-state index is 13.3. The van der Waals surface area contributed by atoms with Gasteiger partial charge in [0.25, 0.3) is 0 Å². The highest BCUT2D eigenvalue weighted by Crippen LogP contribution is 2.19. The Balaban J connectivity index is 1.64. The van der Waals surface area contributed by atoms with E-state index in [1.165, 1.54) is 19.2 Å². The molecule has 0 aliphatic carbocycles. The van der Waals surface area contributed by atoms with Crippen molar-refractivity contribution in [1.29, 1.82) is 0 Å². The monoisotopic (exact) mass is 431 g/mol. The zero-order chi connectivity index (χ0) is 21.6. The third-order valence-corrected chi connectivity index (χ3v) is 6.07. The highest BCUT2D eigenvalue weighted by Gasteiger charge is 2.11. The number of hydrogen-bond acceptors (Lipinski definition) is 3. The van der Waals surface area contributed by atoms with Crippen molar-refractivity contribution < 1.29 is 12.8 Å². The molecule has 2 aromatic carbocycles. The third kappa shape index (κ3) is 5.37. The fourth-order valence-electron chi connectivity index (χ4n) is 3.12. The molecule has 3 aromatic rings. The van der Waals surface area contributed by atoms with Crippen LogP contribution in [0.2, 0.25) is 0 Å². The molecule has 0 amide bonds. The number of aromatic amines is 1. The number of H-pyrrole nitrogens is 1. The molecule has 0 radical (unpaired) electrons. The molecule has 0 saturated carbocycles. The minimum atomic E-state index is -3.49. The molecule has 30 heavy (non-hydrogen) atoms. The van der Waals surface area contributed by atoms with Crippen LogP contribution in [0.4, 0.5) is 4.39 Å². The number of aromatic nitrogens is 1. The van der Waals surface area contributed by atoms with E-state index in [0.29, 0.717) is 25.6 Å². The molecule has 0 spiro atoms. The van der Waals surface area contributed by atoms with Crippen molar-refractivity contribution in [3.05, 3.63) is 65.6 Å². The minimum absolute atomic E-state index is 0.214. The fourth-order valence-corrected chi connectivity index (χ4v) is 3.92. The number of nitrogens with one attached hydrogen (secondary N) is 4. The van der Waals surface area contributed by atoms with Crippen LogP contribution in [0.15, 0.2) is 58.5 Å². The SMILES string of the molecule is CCNC(=NCc1cccc(S(=O)(=O)NC)c1)NCCc1c[nH]c2cc(F)ccc12. The highest BCUT2D eigenvalue weighted by molar-refractivity contribution is 7.89. The van der Waals surface area contributed by atoms with Gasteiger partial charge >= 0.3 is 0 Å². The summed E-state index contributed by atoms with van der Waals surface area (Å²) in [6.07, 6.45) is 2.63. The van der Waals surface area contributed by atoms with Crippen LogP contribution in [0.25, 0.3) is 10.9 Å². The number of nitrogens with zero attached hydrogens (tertiary/aromatic N) is 1. The van der Waals surface area contributed by atoms with E-state index in [1.807, 2.05) is 19.2 Å². The lowest BCUT2D eigenvalue weighted by molar-refractivity contribution is 0.588. The smallest absolute Gasteiger partial charge is 0.240 e. The first kappa shape index (κ1) is 21.8. The zero-order valence-corrected chi connectivity index (χ0v) is 17.8. The second-order valence-electron chi connectivity index (χ2n) is 6.73. The van der Waals surface area contributed by atoms with Crippen LogP contribution < -0.4 is 15.4 Å². The fraction of sp³-hybridized carbons (Fsp3) is 0.286. The molecule has 0 fully saturated rings. The summed E-state index contributed by atoms with van der Waals surface area (Å²) < 4.78 is 39.6. The van der Waals surface area contributed by atoms with Crippen molar-refractivity contribution in [2.24, 2.45) is 4.99 Å². The van der Waals surface area contributed by atoms with E-state index in [-0.39, 0.29) is 10.7 Å². The number of hydrogen-bond donors (Lipinski definition) is 4. The molecule has 1 aromatic heterocycles. The number of guanidine groups is 1. The summed E-state index contributed by atoms with van der Waals surface area (Å²) in [5.74, 6) is 0.382. The van der Waals surface area contributed by atoms with Crippen molar-refractivity contribution in [3.8, 4) is 0 Å². The molecule has 1 heterocycles. The Bertz CT molecular complexity index is 1140. The highest BCUT2D eigenvalue weighted by atomic mass is 32.2. The Morgan fingerprint density at radius 2 is 2.00 bits per heavy atom. The molecule has 0 aliphatic heterocycles. The summed E-state index contributed by atoms with van der Waals surface area (Å²) in [6, 6.07) is 11.4. The number of rotatable bonds is 8. The molecule has 9 heteroatoms. The van der Waals surface area contributed by atoms with Gasteiger partial charge in [-0.25, -0.2) is 22.5 Å². The number of sulfonamides is 1. The van der Waals surface area contributed by atoms with Crippen molar-refractivity contribution in [3.63, 3.8) is 0 Å². The molecule has 7 nitrogen and oxygen atoms in total. The molecule has 0 atom stereocenters. The standard InChI is InChI=1S/C21H26FN5O2S/c1-3-24-21(27-13-15-5-4-6-18(11-15)30(28,29)23-2)25-10-9-16-14-26-20-12-17(22)7-8-19(16)20/h4-8,11-12,14,23,26H,3,9-10,13H2,1-2H3,(H2,24,25,27). The topological polar surface area (TPSA) is 98.4 Å². The quantitative estimate of drug-likeness (QED) is 0.325. The molecule has 3 rings (SSSR count). The number of halogens is 1. The summed E-state index contributed by atoms with van der Waals surface area (Å²) >= 11 is 0. The van der Waals surface area contributed by atoms with Gasteiger partial charge < -0.3 is 15.6 Å². The number of aliphatic imine (C=N–C) groups is 1. The van der Waals surface area contributed by atoms with Gasteiger partial charge in [-0.1, -0.05) is 12.1 Å². The van der Waals surface area contributed by atoms with Crippen LogP contribution in [0.1, 0.15) is 18.1 Å². The van der Waals surface area contributed by atoms with Gasteiger partial charge in [0.2, 0.25) is 10.0 Å². The number of fused-ring (bicyclic) bond motifs is 1. The second-order valence-corrected chi connectivity index (χ2v) is 8.62. The first-order chi connectivity index (χ1) is 14.4. The van der Waals surface area contributed by atoms with Crippen LogP contribution in [-0.4, -0.2) is 39.5 Å². The van der Waals surface area contributed by atoms with Crippen LogP contribution in [0.5, 0.6) is 0 Å². The molecule has 0 unspecified atom stereocenters. The van der Waals surface area contributed by atoms with Crippen LogP contribution in [0, 0.1) is 5.82 Å². The maximum Gasteiger partial charge on any atom is 0.240 e. The van der Waals surface area contributed by atoms with Crippen molar-refractivity contribution >= 4 is 26.9 Å². The lowest BCUT2D eigenvalue weighted by Gasteiger charge is -2.11. The third-order valence-electron chi connectivity index (χ3n) is 4.66. The van der Waals surface area contributed by atoms with Crippen LogP contribution >= 0.6 is 0 Å². The summed E-state index contributed by atoms with van der Waals surface area (Å²) in [6.45, 7) is 3.66. The van der Waals surface area contributed by atoms with E-state index >= 15 is 0 Å². The first-order valence-corrected chi connectivity index (χ1v) is 11.2. The van der Waals surface area contributed by atoms with Crippen molar-refractivity contribution in [1.82, 2.24) is 20.3 Å². The Kier molecular flexibility index (Phi) is 7.07. The van der Waals surface area contributed by atoms with E-state index in [1.54, 1.807) is 24.3 Å². The lowest BCUT2D eigenvalue weighted by atomic mass is 10.1. The molecular weight excluding hydrogens is 405 g/mol. The van der Waals surface area contributed by atoms with Gasteiger partial charge in [0, 0.05) is 30.2 Å². The molecule has 0 saturated heterocycles. The van der Waals surface area contributed by atoms with E-state index in [0.717, 1.165) is 28.5 Å². The van der Waals surface area contributed by atoms with Crippen LogP contribution in [-0.2, 0) is 23.0 Å². The Morgan fingerprint density at radius 1 is 1.17 bits per heavy atom. The predicted octanol–water partition coefficient (Wildman–Crippen LogP) is 2.51. The van der Waals surface area contributed by atoms with Gasteiger partial charge in [0.15, 0.2) is 5.96 Å². The van der Waals surface area contributed by atoms with E-state index in [2.05, 4.69) is 25.3 Å². The van der Waals surface area contributed by atoms with Gasteiger partial charge in [-0.05, 0) is 61.9 Å². The molecular formula is C21H26FN5O2S. The normalized spacial score (nSPS) is 12.3. The molecule has 4 N–H and O–H groups in total. The predicted molar refractivity (Wildman–Crippen MR) is 117 cm³/mol. The van der Waals surface area contributed by atoms with Gasteiger partial charge in [-0.2, -0.15) is 0 Å². The van der Waals surface area contributed by atoms with Crippen molar-refractivity contribution in [2.45, 2.75) is 24.8 Å². The molecule has 0 aliphatic rings. The second kappa shape index (κ2) is 9.73. The average Bonchev–Trinajstić information content (AvgIpc) is 3.14. The Labute approximate surface area is 175 Å². The lowest BCUT2D eigenvalue weighted by Crippen LogP contribution is -2.38. The van der Waals surface area contributed by atoms with E-state index < -0.39 is 10.0 Å². The minimum Gasteiger partial charge on any atom is -0.361 e. The summed E-state index contributed by atoms with van der Waals surface area (Å²) in [5, 5.41) is 7.47. The average molecular weight is 432 g/mol. The van der Waals surface area contributed by atoms with E-state index in [4.69, 9.17) is 0 Å². The number of benzene rings is 2. The van der Waals surface area contributed by atoms with Gasteiger partial charge in [0.1, 0.15) is 5.82 Å². The summed E-state index contributed by atoms with van der Waals surface area (Å²) in [4.78, 5) is 7.85. The van der Waals surface area contributed by atoms with Gasteiger partial charge in [0.05, 0.1) is 11.4 Å². The summed E-state index contributed by atoms with van der Waals surface area (Å²) in [5.41, 5.74) is 2.67. The molecule has 0 bridgehead atoms. The Morgan fingerprint density at radius 3 is 2.77 bits per heavy atom.